The number of para-hydroxylation sites is 1. The molecule has 2 amide bonds. The molecule has 2 aliphatic rings. The molecule has 1 heterocycles. The van der Waals surface area contributed by atoms with Crippen LogP contribution < -0.4 is 10.2 Å². The van der Waals surface area contributed by atoms with Crippen molar-refractivity contribution in [3.63, 3.8) is 0 Å². The summed E-state index contributed by atoms with van der Waals surface area (Å²) < 4.78 is 5.59. The van der Waals surface area contributed by atoms with Crippen molar-refractivity contribution >= 4 is 17.7 Å². The van der Waals surface area contributed by atoms with Gasteiger partial charge in [-0.3, -0.25) is 4.79 Å². The average Bonchev–Trinajstić information content (AvgIpc) is 3.21. The summed E-state index contributed by atoms with van der Waals surface area (Å²) in [4.78, 5) is 29.5. The molecule has 1 N–H and O–H groups in total. The van der Waals surface area contributed by atoms with Crippen LogP contribution in [0.15, 0.2) is 78.9 Å². The average molecular weight is 456 g/mol. The molecule has 0 spiro atoms. The molecule has 0 bridgehead atoms. The second kappa shape index (κ2) is 9.59. The fourth-order valence-corrected chi connectivity index (χ4v) is 4.98. The second-order valence-corrected chi connectivity index (χ2v) is 8.84. The van der Waals surface area contributed by atoms with Crippen LogP contribution in [0.5, 0.6) is 0 Å². The maximum absolute atomic E-state index is 12.9. The highest BCUT2D eigenvalue weighted by atomic mass is 16.5. The first-order chi connectivity index (χ1) is 16.6. The highest BCUT2D eigenvalue weighted by molar-refractivity contribution is 5.85. The van der Waals surface area contributed by atoms with Crippen LogP contribution in [-0.4, -0.2) is 55.7 Å². The molecule has 0 aromatic heterocycles. The predicted octanol–water partition coefficient (Wildman–Crippen LogP) is 4.26. The van der Waals surface area contributed by atoms with E-state index in [1.807, 2.05) is 47.4 Å². The summed E-state index contributed by atoms with van der Waals surface area (Å²) in [6.07, 6.45) is -0.564. The van der Waals surface area contributed by atoms with Gasteiger partial charge in [0, 0.05) is 37.8 Å². The third-order valence-electron chi connectivity index (χ3n) is 6.76. The number of amides is 2. The van der Waals surface area contributed by atoms with E-state index in [2.05, 4.69) is 46.6 Å². The van der Waals surface area contributed by atoms with Crippen molar-refractivity contribution in [1.82, 2.24) is 10.2 Å². The number of hydrogen-bond donors (Lipinski definition) is 1. The van der Waals surface area contributed by atoms with Crippen molar-refractivity contribution in [3.05, 3.63) is 90.0 Å². The van der Waals surface area contributed by atoms with Gasteiger partial charge in [-0.05, 0) is 41.3 Å². The van der Waals surface area contributed by atoms with E-state index in [4.69, 9.17) is 4.74 Å². The van der Waals surface area contributed by atoms with Crippen LogP contribution in [-0.2, 0) is 9.53 Å². The molecule has 1 atom stereocenters. The van der Waals surface area contributed by atoms with E-state index >= 15 is 0 Å². The second-order valence-electron chi connectivity index (χ2n) is 8.84. The molecule has 1 aliphatic heterocycles. The number of alkyl carbamates (subject to hydrolysis) is 1. The van der Waals surface area contributed by atoms with Crippen molar-refractivity contribution in [3.8, 4) is 11.1 Å². The number of ether oxygens (including phenoxy) is 1. The van der Waals surface area contributed by atoms with Gasteiger partial charge in [0.15, 0.2) is 0 Å². The van der Waals surface area contributed by atoms with Crippen LogP contribution in [0, 0.1) is 0 Å². The Balaban J connectivity index is 1.14. The van der Waals surface area contributed by atoms with Gasteiger partial charge in [0.05, 0.1) is 0 Å². The molecule has 1 fully saturated rings. The van der Waals surface area contributed by atoms with Gasteiger partial charge in [-0.2, -0.15) is 0 Å². The molecule has 1 saturated heterocycles. The van der Waals surface area contributed by atoms with E-state index in [-0.39, 0.29) is 18.4 Å². The normalized spacial score (nSPS) is 15.9. The molecule has 174 valence electrons. The lowest BCUT2D eigenvalue weighted by atomic mass is 9.98. The molecule has 3 aromatic carbocycles. The van der Waals surface area contributed by atoms with Gasteiger partial charge in [0.25, 0.3) is 0 Å². The van der Waals surface area contributed by atoms with Gasteiger partial charge < -0.3 is 19.9 Å². The first-order valence-electron chi connectivity index (χ1n) is 11.8. The minimum absolute atomic E-state index is 0.00442. The van der Waals surface area contributed by atoms with Gasteiger partial charge in [0.2, 0.25) is 5.91 Å². The Morgan fingerprint density at radius 1 is 0.853 bits per heavy atom. The Bertz CT molecular complexity index is 1130. The summed E-state index contributed by atoms with van der Waals surface area (Å²) in [7, 11) is 0. The number of nitrogens with one attached hydrogen (secondary N) is 1. The lowest BCUT2D eigenvalue weighted by Crippen LogP contribution is -2.54. The van der Waals surface area contributed by atoms with Gasteiger partial charge in [-0.1, -0.05) is 66.7 Å². The van der Waals surface area contributed by atoms with E-state index in [0.717, 1.165) is 24.2 Å². The van der Waals surface area contributed by atoms with E-state index in [1.165, 1.54) is 16.8 Å². The largest absolute Gasteiger partial charge is 0.449 e. The number of nitrogens with zero attached hydrogens (tertiary/aromatic N) is 2. The molecule has 6 nitrogen and oxygen atoms in total. The van der Waals surface area contributed by atoms with Gasteiger partial charge in [-0.15, -0.1) is 0 Å². The first kappa shape index (κ1) is 22.0. The summed E-state index contributed by atoms with van der Waals surface area (Å²) in [6, 6.07) is 26.0. The first-order valence-corrected chi connectivity index (χ1v) is 11.8. The van der Waals surface area contributed by atoms with E-state index in [9.17, 15) is 9.59 Å². The molecule has 6 heteroatoms. The van der Waals surface area contributed by atoms with Gasteiger partial charge >= 0.3 is 6.09 Å². The van der Waals surface area contributed by atoms with Crippen LogP contribution in [0.4, 0.5) is 10.5 Å². The molecular formula is C28H29N3O3. The Labute approximate surface area is 200 Å². The number of carbonyl (C=O) groups is 2. The smallest absolute Gasteiger partial charge is 0.407 e. The zero-order valence-corrected chi connectivity index (χ0v) is 19.3. The topological polar surface area (TPSA) is 61.9 Å². The highest BCUT2D eigenvalue weighted by Gasteiger charge is 2.30. The summed E-state index contributed by atoms with van der Waals surface area (Å²) in [5.74, 6) is -0.0866. The molecule has 1 unspecified atom stereocenters. The van der Waals surface area contributed by atoms with Gasteiger partial charge in [-0.25, -0.2) is 4.79 Å². The third-order valence-corrected chi connectivity index (χ3v) is 6.76. The monoisotopic (exact) mass is 455 g/mol. The molecule has 34 heavy (non-hydrogen) atoms. The number of benzene rings is 3. The summed E-state index contributed by atoms with van der Waals surface area (Å²) in [5.41, 5.74) is 5.86. The maximum Gasteiger partial charge on any atom is 0.407 e. The molecule has 0 saturated carbocycles. The number of fused-ring (bicyclic) bond motifs is 3. The third kappa shape index (κ3) is 4.36. The summed E-state index contributed by atoms with van der Waals surface area (Å²) in [6.45, 7) is 4.75. The fourth-order valence-electron chi connectivity index (χ4n) is 4.98. The lowest BCUT2D eigenvalue weighted by molar-refractivity contribution is -0.133. The Morgan fingerprint density at radius 2 is 1.41 bits per heavy atom. The molecule has 1 aliphatic carbocycles. The fraction of sp³-hybridized carbons (Fsp3) is 0.286. The molecule has 0 radical (unpaired) electrons. The van der Waals surface area contributed by atoms with Crippen molar-refractivity contribution in [2.24, 2.45) is 0 Å². The Hall–Kier alpha value is -3.80. The van der Waals surface area contributed by atoms with Crippen LogP contribution in [0.25, 0.3) is 11.1 Å². The summed E-state index contributed by atoms with van der Waals surface area (Å²) in [5, 5.41) is 2.73. The minimum atomic E-state index is -0.640. The number of carbonyl (C=O) groups excluding carboxylic acids is 2. The van der Waals surface area contributed by atoms with E-state index in [1.54, 1.807) is 6.92 Å². The Kier molecular flexibility index (Phi) is 6.21. The Morgan fingerprint density at radius 3 is 2.03 bits per heavy atom. The number of piperazine rings is 1. The van der Waals surface area contributed by atoms with Crippen LogP contribution in [0.1, 0.15) is 24.0 Å². The van der Waals surface area contributed by atoms with Crippen molar-refractivity contribution in [1.29, 1.82) is 0 Å². The molecule has 5 rings (SSSR count). The van der Waals surface area contributed by atoms with Crippen LogP contribution >= 0.6 is 0 Å². The quantitative estimate of drug-likeness (QED) is 0.625. The number of hydrogen-bond acceptors (Lipinski definition) is 4. The van der Waals surface area contributed by atoms with Gasteiger partial charge in [0.1, 0.15) is 12.6 Å². The highest BCUT2D eigenvalue weighted by Crippen LogP contribution is 2.44. The van der Waals surface area contributed by atoms with Crippen molar-refractivity contribution in [2.45, 2.75) is 18.9 Å². The minimum Gasteiger partial charge on any atom is -0.449 e. The predicted molar refractivity (Wildman–Crippen MR) is 133 cm³/mol. The zero-order chi connectivity index (χ0) is 23.5. The van der Waals surface area contributed by atoms with Crippen molar-refractivity contribution < 1.29 is 14.3 Å². The van der Waals surface area contributed by atoms with E-state index in [0.29, 0.717) is 13.1 Å². The number of anilines is 1. The molecular weight excluding hydrogens is 426 g/mol. The maximum atomic E-state index is 12.9. The van der Waals surface area contributed by atoms with Crippen molar-refractivity contribution in [2.75, 3.05) is 37.7 Å². The zero-order valence-electron chi connectivity index (χ0n) is 19.3. The standard InChI is InChI=1S/C28H29N3O3/c1-20(27(32)31-17-15-30(16-18-31)21-9-3-2-4-10-21)29-28(33)34-19-26-24-13-7-5-11-22(24)23-12-6-8-14-25(23)26/h2-14,20,26H,15-19H2,1H3,(H,29,33). The van der Waals surface area contributed by atoms with Crippen LogP contribution in [0.2, 0.25) is 0 Å². The van der Waals surface area contributed by atoms with E-state index < -0.39 is 12.1 Å². The molecule has 3 aromatic rings. The number of rotatable bonds is 5. The SMILES string of the molecule is CC(NC(=O)OCC1c2ccccc2-c2ccccc21)C(=O)N1CCN(c2ccccc2)CC1. The summed E-state index contributed by atoms with van der Waals surface area (Å²) >= 11 is 0. The van der Waals surface area contributed by atoms with Crippen LogP contribution in [0.3, 0.4) is 0 Å². The lowest BCUT2D eigenvalue weighted by Gasteiger charge is -2.37.